The van der Waals surface area contributed by atoms with Gasteiger partial charge < -0.3 is 39.1 Å². The number of benzene rings is 4. The SMILES string of the molecule is COc1ccc2cc1Oc1ccc(cc1)C[C@H]1NCCc3cc(OC)c(cc31)Oc1c(OC)c(OC)cc3c1[C@@H](C2)NCC3. The Bertz CT molecular complexity index is 1690. The highest BCUT2D eigenvalue weighted by Gasteiger charge is 2.32. The number of rotatable bonds is 4. The molecular weight excluding hydrogens is 556 g/mol. The minimum absolute atomic E-state index is 0.0500. The van der Waals surface area contributed by atoms with E-state index >= 15 is 0 Å². The Labute approximate surface area is 258 Å². The fraction of sp³-hybridized carbons (Fsp3) is 0.333. The summed E-state index contributed by atoms with van der Waals surface area (Å²) in [5, 5.41) is 7.47. The Morgan fingerprint density at radius 2 is 1.27 bits per heavy atom. The van der Waals surface area contributed by atoms with Crippen LogP contribution in [0.25, 0.3) is 0 Å². The molecule has 0 unspecified atom stereocenters. The van der Waals surface area contributed by atoms with Gasteiger partial charge in [0, 0.05) is 17.6 Å². The predicted octanol–water partition coefficient (Wildman–Crippen LogP) is 6.48. The molecule has 0 amide bonds. The second-order valence-electron chi connectivity index (χ2n) is 11.5. The van der Waals surface area contributed by atoms with Crippen LogP contribution in [0.3, 0.4) is 0 Å². The lowest BCUT2D eigenvalue weighted by molar-refractivity contribution is 0.322. The Hall–Kier alpha value is -4.40. The molecule has 4 aromatic carbocycles. The molecule has 44 heavy (non-hydrogen) atoms. The number of fused-ring (bicyclic) bond motifs is 2. The van der Waals surface area contributed by atoms with Gasteiger partial charge >= 0.3 is 0 Å². The number of ether oxygens (including phenoxy) is 6. The van der Waals surface area contributed by atoms with E-state index in [2.05, 4.69) is 53.1 Å². The topological polar surface area (TPSA) is 79.4 Å². The zero-order valence-electron chi connectivity index (χ0n) is 25.6. The average molecular weight is 595 g/mol. The predicted molar refractivity (Wildman–Crippen MR) is 168 cm³/mol. The first kappa shape index (κ1) is 28.4. The lowest BCUT2D eigenvalue weighted by atomic mass is 9.88. The third kappa shape index (κ3) is 5.18. The van der Waals surface area contributed by atoms with Gasteiger partial charge in [0.25, 0.3) is 0 Å². The van der Waals surface area contributed by atoms with E-state index in [4.69, 9.17) is 28.4 Å². The second-order valence-corrected chi connectivity index (χ2v) is 11.5. The summed E-state index contributed by atoms with van der Waals surface area (Å²) in [6.07, 6.45) is 3.27. The zero-order chi connectivity index (χ0) is 30.2. The van der Waals surface area contributed by atoms with E-state index in [1.807, 2.05) is 18.2 Å². The standard InChI is InChI=1S/C36H38N2O6/c1-39-29-10-7-22-16-28-34-24(12-14-38-28)19-33(41-3)35(42-4)36(34)44-32-20-26-23(18-30(32)40-2)11-13-37-27(26)15-21-5-8-25(9-6-21)43-31(29)17-22/h5-10,17-20,27-28,37-38H,11-16H2,1-4H3/t27-,28-/m1/s1. The highest BCUT2D eigenvalue weighted by molar-refractivity contribution is 5.63. The molecule has 0 saturated heterocycles. The summed E-state index contributed by atoms with van der Waals surface area (Å²) in [6, 6.07) is 20.8. The summed E-state index contributed by atoms with van der Waals surface area (Å²) >= 11 is 0. The maximum absolute atomic E-state index is 6.92. The molecule has 8 heteroatoms. The van der Waals surface area contributed by atoms with Crippen LogP contribution in [0.1, 0.15) is 45.5 Å². The van der Waals surface area contributed by atoms with Crippen molar-refractivity contribution < 1.29 is 28.4 Å². The van der Waals surface area contributed by atoms with Crippen molar-refractivity contribution in [2.24, 2.45) is 0 Å². The van der Waals surface area contributed by atoms with Gasteiger partial charge in [-0.15, -0.1) is 0 Å². The van der Waals surface area contributed by atoms with Crippen LogP contribution in [0.5, 0.6) is 46.0 Å². The summed E-state index contributed by atoms with van der Waals surface area (Å²) in [6.45, 7) is 1.72. The molecule has 2 N–H and O–H groups in total. The lowest BCUT2D eigenvalue weighted by Gasteiger charge is -2.32. The van der Waals surface area contributed by atoms with E-state index in [0.29, 0.717) is 46.7 Å². The van der Waals surface area contributed by atoms with Gasteiger partial charge in [-0.05, 0) is 109 Å². The third-order valence-corrected chi connectivity index (χ3v) is 8.94. The number of nitrogens with one attached hydrogen (secondary N) is 2. The van der Waals surface area contributed by atoms with Crippen LogP contribution in [0.2, 0.25) is 0 Å². The second kappa shape index (κ2) is 11.9. The van der Waals surface area contributed by atoms with Gasteiger partial charge in [-0.25, -0.2) is 0 Å². The molecule has 0 aromatic heterocycles. The quantitative estimate of drug-likeness (QED) is 0.278. The smallest absolute Gasteiger partial charge is 0.204 e. The maximum Gasteiger partial charge on any atom is 0.204 e. The van der Waals surface area contributed by atoms with Crippen molar-refractivity contribution in [2.75, 3.05) is 41.5 Å². The van der Waals surface area contributed by atoms with Crippen LogP contribution in [-0.4, -0.2) is 41.5 Å². The zero-order valence-corrected chi connectivity index (χ0v) is 25.6. The average Bonchev–Trinajstić information content (AvgIpc) is 3.05. The molecule has 6 bridgehead atoms. The first-order valence-corrected chi connectivity index (χ1v) is 15.1. The van der Waals surface area contributed by atoms with Crippen LogP contribution in [-0.2, 0) is 25.7 Å². The van der Waals surface area contributed by atoms with Gasteiger partial charge in [0.2, 0.25) is 5.75 Å². The molecule has 4 heterocycles. The Balaban J connectivity index is 1.44. The Kier molecular flexibility index (Phi) is 7.70. The minimum Gasteiger partial charge on any atom is -0.493 e. The molecule has 4 aromatic rings. The van der Waals surface area contributed by atoms with Crippen molar-refractivity contribution in [2.45, 2.75) is 37.8 Å². The Morgan fingerprint density at radius 1 is 0.614 bits per heavy atom. The van der Waals surface area contributed by atoms with Crippen LogP contribution >= 0.6 is 0 Å². The molecule has 4 aliphatic heterocycles. The van der Waals surface area contributed by atoms with Gasteiger partial charge in [-0.1, -0.05) is 18.2 Å². The van der Waals surface area contributed by atoms with E-state index in [-0.39, 0.29) is 12.1 Å². The molecule has 8 nitrogen and oxygen atoms in total. The number of hydrogen-bond acceptors (Lipinski definition) is 8. The van der Waals surface area contributed by atoms with E-state index in [9.17, 15) is 0 Å². The van der Waals surface area contributed by atoms with Crippen molar-refractivity contribution in [1.29, 1.82) is 0 Å². The fourth-order valence-electron chi connectivity index (χ4n) is 6.77. The first-order chi connectivity index (χ1) is 21.6. The van der Waals surface area contributed by atoms with E-state index < -0.39 is 0 Å². The minimum atomic E-state index is -0.0500. The van der Waals surface area contributed by atoms with Gasteiger partial charge in [0.1, 0.15) is 5.75 Å². The molecule has 0 spiro atoms. The molecule has 0 radical (unpaired) electrons. The monoisotopic (exact) mass is 594 g/mol. The van der Waals surface area contributed by atoms with Gasteiger partial charge in [0.15, 0.2) is 34.5 Å². The summed E-state index contributed by atoms with van der Waals surface area (Å²) in [5.74, 6) is 5.31. The molecule has 0 fully saturated rings. The largest absolute Gasteiger partial charge is 0.493 e. The van der Waals surface area contributed by atoms with E-state index in [1.165, 1.54) is 16.7 Å². The van der Waals surface area contributed by atoms with Crippen LogP contribution in [0.4, 0.5) is 0 Å². The van der Waals surface area contributed by atoms with Gasteiger partial charge in [-0.2, -0.15) is 0 Å². The normalized spacial score (nSPS) is 18.5. The molecule has 0 aliphatic carbocycles. The van der Waals surface area contributed by atoms with Crippen molar-refractivity contribution in [3.05, 3.63) is 94.0 Å². The summed E-state index contributed by atoms with van der Waals surface area (Å²) < 4.78 is 36.7. The molecule has 2 atom stereocenters. The van der Waals surface area contributed by atoms with Crippen LogP contribution < -0.4 is 39.1 Å². The summed E-state index contributed by atoms with van der Waals surface area (Å²) in [5.41, 5.74) is 7.00. The summed E-state index contributed by atoms with van der Waals surface area (Å²) in [4.78, 5) is 0. The van der Waals surface area contributed by atoms with Crippen LogP contribution in [0.15, 0.2) is 60.7 Å². The maximum atomic E-state index is 6.92. The molecule has 4 aliphatic rings. The fourth-order valence-corrected chi connectivity index (χ4v) is 6.77. The lowest BCUT2D eigenvalue weighted by Crippen LogP contribution is -2.32. The summed E-state index contributed by atoms with van der Waals surface area (Å²) in [7, 11) is 6.68. The molecular formula is C36H38N2O6. The highest BCUT2D eigenvalue weighted by atomic mass is 16.5. The van der Waals surface area contributed by atoms with Crippen molar-refractivity contribution in [3.8, 4) is 46.0 Å². The Morgan fingerprint density at radius 3 is 2.02 bits per heavy atom. The molecule has 228 valence electrons. The number of hydrogen-bond donors (Lipinski definition) is 2. The van der Waals surface area contributed by atoms with Crippen molar-refractivity contribution >= 4 is 0 Å². The van der Waals surface area contributed by atoms with E-state index in [1.54, 1.807) is 28.4 Å². The van der Waals surface area contributed by atoms with Gasteiger partial charge in [0.05, 0.1) is 28.4 Å². The van der Waals surface area contributed by atoms with Crippen LogP contribution in [0, 0.1) is 0 Å². The van der Waals surface area contributed by atoms with Crippen molar-refractivity contribution in [3.63, 3.8) is 0 Å². The first-order valence-electron chi connectivity index (χ1n) is 15.1. The molecule has 0 saturated carbocycles. The molecule has 8 rings (SSSR count). The number of methoxy groups -OCH3 is 4. The van der Waals surface area contributed by atoms with Crippen molar-refractivity contribution in [1.82, 2.24) is 10.6 Å². The highest BCUT2D eigenvalue weighted by Crippen LogP contribution is 2.50. The van der Waals surface area contributed by atoms with Gasteiger partial charge in [-0.3, -0.25) is 0 Å². The van der Waals surface area contributed by atoms with E-state index in [0.717, 1.165) is 54.8 Å². The third-order valence-electron chi connectivity index (χ3n) is 8.94.